The molecular weight excluding hydrogens is 331 g/mol. The normalized spacial score (nSPS) is 11.9. The lowest BCUT2D eigenvalue weighted by molar-refractivity contribution is -0.133. The van der Waals surface area contributed by atoms with E-state index in [0.29, 0.717) is 19.5 Å². The van der Waals surface area contributed by atoms with Gasteiger partial charge in [-0.15, -0.1) is 0 Å². The monoisotopic (exact) mass is 352 g/mol. The third kappa shape index (κ3) is 4.75. The van der Waals surface area contributed by atoms with Crippen LogP contribution in [0.25, 0.3) is 0 Å². The summed E-state index contributed by atoms with van der Waals surface area (Å²) in [6.45, 7) is 2.76. The van der Waals surface area contributed by atoms with E-state index in [4.69, 9.17) is 0 Å². The molecule has 0 fully saturated rings. The number of nitrogens with zero attached hydrogens (tertiary/aromatic N) is 4. The zero-order valence-corrected chi connectivity index (χ0v) is 14.6. The third-order valence-electron chi connectivity index (χ3n) is 4.22. The van der Waals surface area contributed by atoms with Crippen molar-refractivity contribution >= 4 is 5.91 Å². The molecule has 1 unspecified atom stereocenters. The highest BCUT2D eigenvalue weighted by atomic mass is 19.1. The first-order valence-electron chi connectivity index (χ1n) is 8.50. The predicted octanol–water partition coefficient (Wildman–Crippen LogP) is 3.60. The maximum absolute atomic E-state index is 13.5. The summed E-state index contributed by atoms with van der Waals surface area (Å²) in [5.41, 5.74) is 1.70. The molecule has 0 saturated heterocycles. The minimum Gasteiger partial charge on any atom is -0.334 e. The van der Waals surface area contributed by atoms with Crippen LogP contribution in [0.3, 0.4) is 0 Å². The van der Waals surface area contributed by atoms with Crippen LogP contribution >= 0.6 is 0 Å². The molecule has 1 atom stereocenters. The van der Waals surface area contributed by atoms with Crippen LogP contribution in [-0.2, 0) is 17.9 Å². The smallest absolute Gasteiger partial charge is 0.225 e. The zero-order chi connectivity index (χ0) is 18.4. The molecule has 0 aliphatic carbocycles. The molecule has 0 bridgehead atoms. The van der Waals surface area contributed by atoms with Crippen molar-refractivity contribution in [3.05, 3.63) is 84.5 Å². The second kappa shape index (κ2) is 8.38. The van der Waals surface area contributed by atoms with Gasteiger partial charge in [-0.2, -0.15) is 0 Å². The molecule has 1 amide bonds. The largest absolute Gasteiger partial charge is 0.334 e. The molecule has 6 heteroatoms. The number of rotatable bonds is 7. The molecule has 3 rings (SSSR count). The topological polar surface area (TPSA) is 51.0 Å². The highest BCUT2D eigenvalue weighted by Gasteiger charge is 2.18. The van der Waals surface area contributed by atoms with E-state index in [9.17, 15) is 9.18 Å². The summed E-state index contributed by atoms with van der Waals surface area (Å²) in [6.07, 6.45) is 9.02. The molecule has 2 aromatic heterocycles. The van der Waals surface area contributed by atoms with Gasteiger partial charge in [-0.05, 0) is 36.2 Å². The summed E-state index contributed by atoms with van der Waals surface area (Å²) < 4.78 is 15.4. The van der Waals surface area contributed by atoms with Gasteiger partial charge in [-0.3, -0.25) is 9.78 Å². The average molecular weight is 352 g/mol. The molecule has 0 aliphatic rings. The number of carbonyl (C=O) groups is 1. The lowest BCUT2D eigenvalue weighted by Gasteiger charge is -2.25. The van der Waals surface area contributed by atoms with Crippen LogP contribution in [0.5, 0.6) is 0 Å². The number of hydrogen-bond acceptors (Lipinski definition) is 3. The Morgan fingerprint density at radius 3 is 2.65 bits per heavy atom. The van der Waals surface area contributed by atoms with E-state index in [1.54, 1.807) is 35.9 Å². The second-order valence-corrected chi connectivity index (χ2v) is 6.30. The van der Waals surface area contributed by atoms with Crippen molar-refractivity contribution in [3.63, 3.8) is 0 Å². The highest BCUT2D eigenvalue weighted by molar-refractivity contribution is 5.76. The number of benzene rings is 1. The minimum absolute atomic E-state index is 0.000635. The Kier molecular flexibility index (Phi) is 5.73. The van der Waals surface area contributed by atoms with Gasteiger partial charge in [0.05, 0.1) is 6.33 Å². The number of amides is 1. The van der Waals surface area contributed by atoms with Crippen LogP contribution in [0.1, 0.15) is 30.5 Å². The number of hydrogen-bond donors (Lipinski definition) is 0. The maximum atomic E-state index is 13.5. The zero-order valence-electron chi connectivity index (χ0n) is 14.6. The number of aromatic nitrogens is 3. The second-order valence-electron chi connectivity index (χ2n) is 6.30. The van der Waals surface area contributed by atoms with Crippen molar-refractivity contribution in [1.82, 2.24) is 19.4 Å². The van der Waals surface area contributed by atoms with Gasteiger partial charge < -0.3 is 9.47 Å². The Hall–Kier alpha value is -3.02. The van der Waals surface area contributed by atoms with E-state index in [-0.39, 0.29) is 17.8 Å². The Labute approximate surface area is 152 Å². The third-order valence-corrected chi connectivity index (χ3v) is 4.22. The van der Waals surface area contributed by atoms with Gasteiger partial charge in [0.2, 0.25) is 5.91 Å². The predicted molar refractivity (Wildman–Crippen MR) is 96.4 cm³/mol. The maximum Gasteiger partial charge on any atom is 0.225 e. The SMILES string of the molecule is CC(CC(=O)N(Cc1cccnc1)Cc1cccc(F)c1)n1ccnc1. The van der Waals surface area contributed by atoms with Crippen molar-refractivity contribution < 1.29 is 9.18 Å². The van der Waals surface area contributed by atoms with Gasteiger partial charge in [-0.25, -0.2) is 9.37 Å². The molecule has 0 N–H and O–H groups in total. The van der Waals surface area contributed by atoms with Crippen LogP contribution in [0.2, 0.25) is 0 Å². The molecule has 0 radical (unpaired) electrons. The quantitative estimate of drug-likeness (QED) is 0.653. The summed E-state index contributed by atoms with van der Waals surface area (Å²) in [5.74, 6) is -0.303. The molecular formula is C20H21FN4O. The minimum atomic E-state index is -0.303. The fraction of sp³-hybridized carbons (Fsp3) is 0.250. The van der Waals surface area contributed by atoms with E-state index < -0.39 is 0 Å². The van der Waals surface area contributed by atoms with Crippen LogP contribution in [0.15, 0.2) is 67.5 Å². The van der Waals surface area contributed by atoms with E-state index in [1.165, 1.54) is 12.1 Å². The average Bonchev–Trinajstić information content (AvgIpc) is 3.17. The molecule has 2 heterocycles. The van der Waals surface area contributed by atoms with Crippen molar-refractivity contribution in [3.8, 4) is 0 Å². The molecule has 134 valence electrons. The van der Waals surface area contributed by atoms with E-state index >= 15 is 0 Å². The number of carbonyl (C=O) groups excluding carboxylic acids is 1. The van der Waals surface area contributed by atoms with Crippen molar-refractivity contribution in [2.75, 3.05) is 0 Å². The summed E-state index contributed by atoms with van der Waals surface area (Å²) in [6, 6.07) is 10.1. The Bertz CT molecular complexity index is 836. The molecule has 0 saturated carbocycles. The van der Waals surface area contributed by atoms with Gasteiger partial charge in [0, 0.05) is 50.3 Å². The molecule has 0 aliphatic heterocycles. The standard InChI is InChI=1S/C20H21FN4O/c1-16(24-9-8-23-15-24)10-20(26)25(14-18-5-3-7-22-12-18)13-17-4-2-6-19(21)11-17/h2-9,11-12,15-16H,10,13-14H2,1H3. The first kappa shape index (κ1) is 17.8. The van der Waals surface area contributed by atoms with E-state index in [1.807, 2.05) is 35.9 Å². The number of imidazole rings is 1. The van der Waals surface area contributed by atoms with Gasteiger partial charge in [0.15, 0.2) is 0 Å². The van der Waals surface area contributed by atoms with Gasteiger partial charge >= 0.3 is 0 Å². The fourth-order valence-corrected chi connectivity index (χ4v) is 2.82. The highest BCUT2D eigenvalue weighted by Crippen LogP contribution is 2.17. The van der Waals surface area contributed by atoms with Crippen molar-refractivity contribution in [2.24, 2.45) is 0 Å². The Balaban J connectivity index is 1.76. The van der Waals surface area contributed by atoms with E-state index in [2.05, 4.69) is 9.97 Å². The summed E-state index contributed by atoms with van der Waals surface area (Å²) >= 11 is 0. The van der Waals surface area contributed by atoms with Gasteiger partial charge in [-0.1, -0.05) is 18.2 Å². The van der Waals surface area contributed by atoms with Crippen LogP contribution in [0.4, 0.5) is 4.39 Å². The molecule has 0 spiro atoms. The van der Waals surface area contributed by atoms with Gasteiger partial charge in [0.25, 0.3) is 0 Å². The lowest BCUT2D eigenvalue weighted by Crippen LogP contribution is -2.31. The number of halogens is 1. The summed E-state index contributed by atoms with van der Waals surface area (Å²) in [5, 5.41) is 0. The van der Waals surface area contributed by atoms with Crippen molar-refractivity contribution in [1.29, 1.82) is 0 Å². The van der Waals surface area contributed by atoms with Crippen LogP contribution in [0, 0.1) is 5.82 Å². The molecule has 5 nitrogen and oxygen atoms in total. The van der Waals surface area contributed by atoms with E-state index in [0.717, 1.165) is 11.1 Å². The molecule has 1 aromatic carbocycles. The first-order chi connectivity index (χ1) is 12.6. The lowest BCUT2D eigenvalue weighted by atomic mass is 10.1. The van der Waals surface area contributed by atoms with Crippen molar-refractivity contribution in [2.45, 2.75) is 32.5 Å². The molecule has 3 aromatic rings. The summed E-state index contributed by atoms with van der Waals surface area (Å²) in [7, 11) is 0. The Morgan fingerprint density at radius 1 is 1.15 bits per heavy atom. The summed E-state index contributed by atoms with van der Waals surface area (Å²) in [4.78, 5) is 22.8. The van der Waals surface area contributed by atoms with Gasteiger partial charge in [0.1, 0.15) is 5.82 Å². The number of pyridine rings is 1. The van der Waals surface area contributed by atoms with Crippen LogP contribution < -0.4 is 0 Å². The Morgan fingerprint density at radius 2 is 1.96 bits per heavy atom. The van der Waals surface area contributed by atoms with Crippen LogP contribution in [-0.4, -0.2) is 25.3 Å². The first-order valence-corrected chi connectivity index (χ1v) is 8.50. The fourth-order valence-electron chi connectivity index (χ4n) is 2.82. The molecule has 26 heavy (non-hydrogen) atoms.